The van der Waals surface area contributed by atoms with E-state index < -0.39 is 0 Å². The number of rotatable bonds is 5. The Hall–Kier alpha value is -0.770. The van der Waals surface area contributed by atoms with Crippen LogP contribution >= 0.6 is 0 Å². The van der Waals surface area contributed by atoms with Gasteiger partial charge in [-0.1, -0.05) is 25.7 Å². The van der Waals surface area contributed by atoms with Crippen molar-refractivity contribution in [2.24, 2.45) is 10.4 Å². The van der Waals surface area contributed by atoms with Gasteiger partial charge in [-0.3, -0.25) is 4.99 Å². The lowest BCUT2D eigenvalue weighted by molar-refractivity contribution is 0.0573. The molecule has 126 valence electrons. The van der Waals surface area contributed by atoms with Gasteiger partial charge in [0.05, 0.1) is 6.10 Å². The molecular formula is C18H33N3O. The molecule has 1 aliphatic heterocycles. The van der Waals surface area contributed by atoms with Crippen molar-refractivity contribution in [1.82, 2.24) is 10.2 Å². The third-order valence-electron chi connectivity index (χ3n) is 5.87. The number of hydrogen-bond donors (Lipinski definition) is 1. The number of nitrogens with zero attached hydrogens (tertiary/aromatic N) is 2. The molecule has 0 radical (unpaired) electrons. The van der Waals surface area contributed by atoms with Crippen molar-refractivity contribution in [3.63, 3.8) is 0 Å². The molecule has 0 unspecified atom stereocenters. The summed E-state index contributed by atoms with van der Waals surface area (Å²) in [5.74, 6) is 1.10. The summed E-state index contributed by atoms with van der Waals surface area (Å²) >= 11 is 0. The second-order valence-electron chi connectivity index (χ2n) is 7.48. The summed E-state index contributed by atoms with van der Waals surface area (Å²) in [5.41, 5.74) is 0.614. The molecule has 1 N–H and O–H groups in total. The van der Waals surface area contributed by atoms with Crippen molar-refractivity contribution in [2.45, 2.75) is 70.3 Å². The van der Waals surface area contributed by atoms with Crippen LogP contribution in [-0.4, -0.2) is 50.3 Å². The minimum absolute atomic E-state index is 0.542. The van der Waals surface area contributed by atoms with Crippen LogP contribution in [0.2, 0.25) is 0 Å². The highest BCUT2D eigenvalue weighted by atomic mass is 16.5. The van der Waals surface area contributed by atoms with Crippen LogP contribution in [0.5, 0.6) is 0 Å². The van der Waals surface area contributed by atoms with E-state index in [1.807, 2.05) is 7.05 Å². The molecule has 0 bridgehead atoms. The van der Waals surface area contributed by atoms with Gasteiger partial charge in [-0.15, -0.1) is 0 Å². The fourth-order valence-corrected chi connectivity index (χ4v) is 4.56. The molecule has 3 fully saturated rings. The average Bonchev–Trinajstić information content (AvgIpc) is 3.27. The molecule has 2 aliphatic carbocycles. The van der Waals surface area contributed by atoms with Gasteiger partial charge in [0.2, 0.25) is 0 Å². The Morgan fingerprint density at radius 3 is 2.68 bits per heavy atom. The number of guanidine groups is 1. The van der Waals surface area contributed by atoms with E-state index in [-0.39, 0.29) is 0 Å². The molecule has 0 aromatic heterocycles. The van der Waals surface area contributed by atoms with Gasteiger partial charge in [0.15, 0.2) is 5.96 Å². The van der Waals surface area contributed by atoms with Crippen LogP contribution in [0.15, 0.2) is 4.99 Å². The largest absolute Gasteiger partial charge is 0.378 e. The van der Waals surface area contributed by atoms with Crippen LogP contribution in [-0.2, 0) is 4.74 Å². The Labute approximate surface area is 135 Å². The summed E-state index contributed by atoms with van der Waals surface area (Å²) in [6.07, 6.45) is 13.9. The van der Waals surface area contributed by atoms with Gasteiger partial charge in [0.1, 0.15) is 0 Å². The van der Waals surface area contributed by atoms with Crippen molar-refractivity contribution >= 4 is 5.96 Å². The fraction of sp³-hybridized carbons (Fsp3) is 0.944. The van der Waals surface area contributed by atoms with Crippen LogP contribution < -0.4 is 5.32 Å². The first-order valence-corrected chi connectivity index (χ1v) is 9.39. The van der Waals surface area contributed by atoms with E-state index >= 15 is 0 Å². The van der Waals surface area contributed by atoms with E-state index in [2.05, 4.69) is 15.2 Å². The summed E-state index contributed by atoms with van der Waals surface area (Å²) in [5, 5.41) is 3.54. The monoisotopic (exact) mass is 307 g/mol. The molecule has 4 heteroatoms. The predicted octanol–water partition coefficient (Wildman–Crippen LogP) is 3.18. The molecule has 0 aromatic rings. The van der Waals surface area contributed by atoms with Crippen LogP contribution in [0, 0.1) is 5.41 Å². The lowest BCUT2D eigenvalue weighted by atomic mass is 9.86. The lowest BCUT2D eigenvalue weighted by Crippen LogP contribution is -2.41. The Kier molecular flexibility index (Phi) is 5.61. The van der Waals surface area contributed by atoms with Gasteiger partial charge in [-0.2, -0.15) is 0 Å². The topological polar surface area (TPSA) is 36.9 Å². The minimum Gasteiger partial charge on any atom is -0.378 e. The third kappa shape index (κ3) is 3.95. The second kappa shape index (κ2) is 7.67. The molecule has 3 aliphatic rings. The molecule has 1 saturated heterocycles. The van der Waals surface area contributed by atoms with Crippen LogP contribution in [0.1, 0.15) is 64.2 Å². The van der Waals surface area contributed by atoms with Gasteiger partial charge in [0.25, 0.3) is 0 Å². The maximum atomic E-state index is 5.93. The van der Waals surface area contributed by atoms with E-state index in [0.717, 1.165) is 25.5 Å². The smallest absolute Gasteiger partial charge is 0.193 e. The highest BCUT2D eigenvalue weighted by Gasteiger charge is 2.40. The van der Waals surface area contributed by atoms with E-state index in [1.54, 1.807) is 0 Å². The van der Waals surface area contributed by atoms with Gasteiger partial charge in [-0.05, 0) is 43.9 Å². The number of aliphatic imine (C=N–C) groups is 1. The molecule has 1 spiro atoms. The van der Waals surface area contributed by atoms with Crippen molar-refractivity contribution in [3.05, 3.63) is 0 Å². The van der Waals surface area contributed by atoms with Gasteiger partial charge >= 0.3 is 0 Å². The minimum atomic E-state index is 0.542. The maximum Gasteiger partial charge on any atom is 0.193 e. The third-order valence-corrected chi connectivity index (χ3v) is 5.87. The van der Waals surface area contributed by atoms with Gasteiger partial charge < -0.3 is 15.0 Å². The standard InChI is InChI=1S/C18H33N3O/c1-19-17(20-12-6-14-22-16-7-2-3-8-16)21-13-11-18(15-21)9-4-5-10-18/h16H,2-15H2,1H3,(H,19,20). The van der Waals surface area contributed by atoms with Crippen molar-refractivity contribution < 1.29 is 4.74 Å². The summed E-state index contributed by atoms with van der Waals surface area (Å²) in [7, 11) is 1.91. The van der Waals surface area contributed by atoms with Crippen molar-refractivity contribution in [3.8, 4) is 0 Å². The molecule has 0 aromatic carbocycles. The molecule has 1 heterocycles. The van der Waals surface area contributed by atoms with Crippen LogP contribution in [0.4, 0.5) is 0 Å². The Morgan fingerprint density at radius 2 is 1.95 bits per heavy atom. The molecule has 0 amide bonds. The average molecular weight is 307 g/mol. The zero-order valence-electron chi connectivity index (χ0n) is 14.3. The lowest BCUT2D eigenvalue weighted by Gasteiger charge is -2.26. The zero-order valence-corrected chi connectivity index (χ0v) is 14.3. The van der Waals surface area contributed by atoms with E-state index in [1.165, 1.54) is 70.9 Å². The molecule has 3 rings (SSSR count). The van der Waals surface area contributed by atoms with Crippen molar-refractivity contribution in [1.29, 1.82) is 0 Å². The number of hydrogen-bond acceptors (Lipinski definition) is 2. The maximum absolute atomic E-state index is 5.93. The summed E-state index contributed by atoms with van der Waals surface area (Å²) in [6.45, 7) is 4.25. The molecule has 22 heavy (non-hydrogen) atoms. The first-order valence-electron chi connectivity index (χ1n) is 9.39. The van der Waals surface area contributed by atoms with Gasteiger partial charge in [-0.25, -0.2) is 0 Å². The molecule has 2 saturated carbocycles. The number of ether oxygens (including phenoxy) is 1. The zero-order chi connectivity index (χ0) is 15.3. The van der Waals surface area contributed by atoms with Crippen molar-refractivity contribution in [2.75, 3.05) is 33.3 Å². The summed E-state index contributed by atoms with van der Waals surface area (Å²) in [6, 6.07) is 0. The van der Waals surface area contributed by atoms with E-state index in [4.69, 9.17) is 4.74 Å². The van der Waals surface area contributed by atoms with Gasteiger partial charge in [0, 0.05) is 33.3 Å². The SMILES string of the molecule is CN=C(NCCCOC1CCCC1)N1CCC2(CCCC2)C1. The summed E-state index contributed by atoms with van der Waals surface area (Å²) in [4.78, 5) is 6.97. The highest BCUT2D eigenvalue weighted by Crippen LogP contribution is 2.45. The number of nitrogens with one attached hydrogen (secondary N) is 1. The first-order chi connectivity index (χ1) is 10.8. The number of likely N-dealkylation sites (tertiary alicyclic amines) is 1. The van der Waals surface area contributed by atoms with E-state index in [9.17, 15) is 0 Å². The van der Waals surface area contributed by atoms with E-state index in [0.29, 0.717) is 11.5 Å². The summed E-state index contributed by atoms with van der Waals surface area (Å²) < 4.78 is 5.93. The van der Waals surface area contributed by atoms with Crippen LogP contribution in [0.3, 0.4) is 0 Å². The second-order valence-corrected chi connectivity index (χ2v) is 7.48. The Balaban J connectivity index is 1.34. The Morgan fingerprint density at radius 1 is 1.18 bits per heavy atom. The first kappa shape index (κ1) is 16.1. The fourth-order valence-electron chi connectivity index (χ4n) is 4.56. The Bertz CT molecular complexity index is 371. The normalized spacial score (nSPS) is 25.5. The van der Waals surface area contributed by atoms with Crippen LogP contribution in [0.25, 0.3) is 0 Å². The predicted molar refractivity (Wildman–Crippen MR) is 91.3 cm³/mol. The molecule has 4 nitrogen and oxygen atoms in total. The molecule has 0 atom stereocenters. The quantitative estimate of drug-likeness (QED) is 0.481. The highest BCUT2D eigenvalue weighted by molar-refractivity contribution is 5.80. The molecular weight excluding hydrogens is 274 g/mol.